The van der Waals surface area contributed by atoms with E-state index in [0.717, 1.165) is 43.4 Å². The molecule has 4 saturated carbocycles. The molecule has 0 N–H and O–H groups in total. The van der Waals surface area contributed by atoms with Crippen LogP contribution in [-0.2, 0) is 14.3 Å². The molecule has 200 valence electrons. The van der Waals surface area contributed by atoms with Gasteiger partial charge in [-0.15, -0.1) is 0 Å². The van der Waals surface area contributed by atoms with Crippen molar-refractivity contribution in [1.82, 2.24) is 0 Å². The van der Waals surface area contributed by atoms with Crippen molar-refractivity contribution in [2.24, 2.45) is 57.7 Å². The minimum atomic E-state index is -0.146. The first-order valence-corrected chi connectivity index (χ1v) is 15.0. The van der Waals surface area contributed by atoms with Crippen LogP contribution in [0.25, 0.3) is 0 Å². The number of rotatable bonds is 7. The lowest BCUT2D eigenvalue weighted by Gasteiger charge is -2.66. The van der Waals surface area contributed by atoms with Gasteiger partial charge in [-0.25, -0.2) is 0 Å². The molecule has 3 heteroatoms. The van der Waals surface area contributed by atoms with Crippen LogP contribution >= 0.6 is 0 Å². The molecule has 0 heterocycles. The van der Waals surface area contributed by atoms with Crippen LogP contribution in [0.4, 0.5) is 0 Å². The number of hydrogen-bond donors (Lipinski definition) is 0. The molecule has 4 fully saturated rings. The number of hydrogen-bond acceptors (Lipinski definition) is 3. The first kappa shape index (κ1) is 27.2. The van der Waals surface area contributed by atoms with Crippen molar-refractivity contribution in [3.8, 4) is 0 Å². The molecule has 3 nitrogen and oxygen atoms in total. The van der Waals surface area contributed by atoms with E-state index in [4.69, 9.17) is 4.74 Å². The van der Waals surface area contributed by atoms with Gasteiger partial charge in [0.2, 0.25) is 0 Å². The van der Waals surface area contributed by atoms with E-state index in [1.54, 1.807) is 13.8 Å². The van der Waals surface area contributed by atoms with E-state index < -0.39 is 0 Å². The van der Waals surface area contributed by atoms with Crippen molar-refractivity contribution in [3.63, 3.8) is 0 Å². The van der Waals surface area contributed by atoms with Gasteiger partial charge in [0.25, 0.3) is 0 Å². The quantitative estimate of drug-likeness (QED) is 0.340. The fourth-order valence-electron chi connectivity index (χ4n) is 10.4. The molecule has 0 aliphatic heterocycles. The molecule has 35 heavy (non-hydrogen) atoms. The lowest BCUT2D eigenvalue weighted by molar-refractivity contribution is -0.206. The average molecular weight is 487 g/mol. The molecule has 0 aromatic carbocycles. The van der Waals surface area contributed by atoms with Gasteiger partial charge in [0, 0.05) is 18.8 Å². The smallest absolute Gasteiger partial charge is 0.302 e. The topological polar surface area (TPSA) is 43.4 Å². The molecule has 0 saturated heterocycles. The highest BCUT2D eigenvalue weighted by molar-refractivity contribution is 5.78. The van der Waals surface area contributed by atoms with Gasteiger partial charge in [-0.05, 0) is 104 Å². The van der Waals surface area contributed by atoms with Crippen molar-refractivity contribution in [2.45, 2.75) is 132 Å². The standard InChI is InChI=1S/C32H54O3/c1-20(2)10-9-11-21(3)25-13-16-32(8)27-19-29(35-23(5)34)28-18-24(22(4)33)12-15-30(28,6)26(27)14-17-31(25,32)7/h20-21,24-29H,9-19H2,1-8H3/t21-,24+,25-,26+,27-,28-,29+,30-,31-,32+/m1/s1. The molecule has 4 aliphatic carbocycles. The first-order chi connectivity index (χ1) is 16.3. The van der Waals surface area contributed by atoms with Crippen molar-refractivity contribution < 1.29 is 14.3 Å². The molecule has 0 amide bonds. The van der Waals surface area contributed by atoms with Gasteiger partial charge < -0.3 is 4.74 Å². The van der Waals surface area contributed by atoms with E-state index in [0.29, 0.717) is 34.4 Å². The summed E-state index contributed by atoms with van der Waals surface area (Å²) in [6.45, 7) is 18.3. The molecule has 0 spiro atoms. The number of esters is 1. The maximum atomic E-state index is 12.3. The van der Waals surface area contributed by atoms with E-state index >= 15 is 0 Å². The lowest BCUT2D eigenvalue weighted by atomic mass is 9.39. The maximum absolute atomic E-state index is 12.3. The number of Topliss-reactive ketones (excluding diaryl/α,β-unsaturated/α-hetero) is 1. The highest BCUT2D eigenvalue weighted by Gasteiger charge is 2.67. The predicted octanol–water partition coefficient (Wildman–Crippen LogP) is 8.24. The van der Waals surface area contributed by atoms with Gasteiger partial charge in [-0.2, -0.15) is 0 Å². The van der Waals surface area contributed by atoms with Gasteiger partial charge >= 0.3 is 5.97 Å². The minimum Gasteiger partial charge on any atom is -0.462 e. The van der Waals surface area contributed by atoms with Gasteiger partial charge in [0.1, 0.15) is 11.9 Å². The van der Waals surface area contributed by atoms with E-state index in [1.807, 2.05) is 0 Å². The zero-order chi connectivity index (χ0) is 25.8. The molecule has 0 aromatic heterocycles. The molecule has 0 bridgehead atoms. The summed E-state index contributed by atoms with van der Waals surface area (Å²) in [5.41, 5.74) is 0.878. The molecule has 0 unspecified atom stereocenters. The number of carbonyl (C=O) groups is 2. The highest BCUT2D eigenvalue weighted by Crippen LogP contribution is 2.74. The first-order valence-electron chi connectivity index (χ1n) is 15.0. The van der Waals surface area contributed by atoms with Crippen molar-refractivity contribution >= 4 is 11.8 Å². The number of ether oxygens (including phenoxy) is 1. The largest absolute Gasteiger partial charge is 0.462 e. The van der Waals surface area contributed by atoms with Crippen molar-refractivity contribution in [3.05, 3.63) is 0 Å². The van der Waals surface area contributed by atoms with Crippen LogP contribution < -0.4 is 0 Å². The van der Waals surface area contributed by atoms with Gasteiger partial charge in [0.05, 0.1) is 0 Å². The third kappa shape index (κ3) is 4.54. The highest BCUT2D eigenvalue weighted by atomic mass is 16.5. The van der Waals surface area contributed by atoms with E-state index in [2.05, 4.69) is 41.5 Å². The monoisotopic (exact) mass is 486 g/mol. The Morgan fingerprint density at radius 2 is 1.51 bits per heavy atom. The number of fused-ring (bicyclic) bond motifs is 5. The van der Waals surface area contributed by atoms with Crippen LogP contribution in [0.1, 0.15) is 126 Å². The summed E-state index contributed by atoms with van der Waals surface area (Å²) < 4.78 is 6.13. The fraction of sp³-hybridized carbons (Fsp3) is 0.938. The van der Waals surface area contributed by atoms with E-state index in [1.165, 1.54) is 44.9 Å². The summed E-state index contributed by atoms with van der Waals surface area (Å²) in [7, 11) is 0. The molecular formula is C32H54O3. The molecule has 0 radical (unpaired) electrons. The normalized spacial score (nSPS) is 45.9. The Morgan fingerprint density at radius 1 is 0.829 bits per heavy atom. The second-order valence-electron chi connectivity index (χ2n) is 14.6. The number of carbonyl (C=O) groups excluding carboxylic acids is 2. The summed E-state index contributed by atoms with van der Waals surface area (Å²) in [6.07, 6.45) is 13.5. The van der Waals surface area contributed by atoms with Gasteiger partial charge in [-0.1, -0.05) is 60.8 Å². The van der Waals surface area contributed by atoms with Crippen molar-refractivity contribution in [1.29, 1.82) is 0 Å². The Labute approximate surface area is 215 Å². The predicted molar refractivity (Wildman–Crippen MR) is 143 cm³/mol. The second kappa shape index (κ2) is 9.79. The van der Waals surface area contributed by atoms with Crippen LogP contribution in [0.3, 0.4) is 0 Å². The van der Waals surface area contributed by atoms with Crippen LogP contribution in [0, 0.1) is 57.7 Å². The van der Waals surface area contributed by atoms with E-state index in [9.17, 15) is 9.59 Å². The Morgan fingerprint density at radius 3 is 2.14 bits per heavy atom. The van der Waals surface area contributed by atoms with Crippen LogP contribution in [0.5, 0.6) is 0 Å². The summed E-state index contributed by atoms with van der Waals surface area (Å²) in [5, 5.41) is 0. The number of ketones is 1. The summed E-state index contributed by atoms with van der Waals surface area (Å²) in [5.74, 6) is 4.37. The maximum Gasteiger partial charge on any atom is 0.302 e. The Kier molecular flexibility index (Phi) is 7.60. The summed E-state index contributed by atoms with van der Waals surface area (Å²) >= 11 is 0. The SMILES string of the molecule is CC(=O)O[C@H]1C[C@@H]2[C@H](CC[C@]3(C)[C@@H]([C@H](C)CCCC(C)C)CC[C@@]23C)[C@@]2(C)CC[C@H](C(C)=O)C[C@H]12. The third-order valence-corrected chi connectivity index (χ3v) is 12.6. The molecule has 4 aliphatic rings. The van der Waals surface area contributed by atoms with Crippen LogP contribution in [0.2, 0.25) is 0 Å². The molecular weight excluding hydrogens is 432 g/mol. The Hall–Kier alpha value is -0.860. The third-order valence-electron chi connectivity index (χ3n) is 12.6. The Balaban J connectivity index is 1.61. The van der Waals surface area contributed by atoms with E-state index in [-0.39, 0.29) is 23.4 Å². The van der Waals surface area contributed by atoms with Crippen LogP contribution in [0.15, 0.2) is 0 Å². The zero-order valence-electron chi connectivity index (χ0n) is 24.1. The van der Waals surface area contributed by atoms with Gasteiger partial charge in [0.15, 0.2) is 0 Å². The Bertz CT molecular complexity index is 803. The molecule has 10 atom stereocenters. The lowest BCUT2D eigenvalue weighted by Crippen LogP contribution is -2.61. The van der Waals surface area contributed by atoms with Crippen LogP contribution in [-0.4, -0.2) is 17.9 Å². The van der Waals surface area contributed by atoms with Crippen molar-refractivity contribution in [2.75, 3.05) is 0 Å². The van der Waals surface area contributed by atoms with Gasteiger partial charge in [-0.3, -0.25) is 9.59 Å². The molecule has 4 rings (SSSR count). The fourth-order valence-corrected chi connectivity index (χ4v) is 10.4. The second-order valence-corrected chi connectivity index (χ2v) is 14.6. The summed E-state index contributed by atoms with van der Waals surface area (Å²) in [4.78, 5) is 24.6. The average Bonchev–Trinajstić information content (AvgIpc) is 3.04. The molecule has 0 aromatic rings. The minimum absolute atomic E-state index is 0.0254. The zero-order valence-corrected chi connectivity index (χ0v) is 24.1. The summed E-state index contributed by atoms with van der Waals surface area (Å²) in [6, 6.07) is 0.